The smallest absolute Gasteiger partial charge is 0.407 e. The number of methoxy groups -OCH3 is 2. The van der Waals surface area contributed by atoms with Crippen molar-refractivity contribution in [1.82, 2.24) is 15.2 Å². The fraction of sp³-hybridized carbons (Fsp3) is 0.520. The number of halogens is 2. The van der Waals surface area contributed by atoms with E-state index in [2.05, 4.69) is 19.8 Å². The first-order valence-electron chi connectivity index (χ1n) is 12.3. The molecule has 1 saturated heterocycles. The summed E-state index contributed by atoms with van der Waals surface area (Å²) in [6.07, 6.45) is 1.48. The normalized spacial score (nSPS) is 19.5. The average molecular weight is 553 g/mol. The van der Waals surface area contributed by atoms with Gasteiger partial charge in [-0.15, -0.1) is 0 Å². The van der Waals surface area contributed by atoms with E-state index in [1.165, 1.54) is 37.3 Å². The van der Waals surface area contributed by atoms with Crippen LogP contribution in [0.15, 0.2) is 22.6 Å². The Morgan fingerprint density at radius 1 is 1.18 bits per heavy atom. The SMILES string of the molecule is COC(=O)NC1CCN(C(=O)c2nc(-c3ccc(OC(F)F)c(OCC4CC4)c3)oc2[C@H](C)N)[C@@H]1C(=O)OC. The molecule has 1 aromatic heterocycles. The maximum Gasteiger partial charge on any atom is 0.407 e. The number of alkyl carbamates (subject to hydrolysis) is 1. The van der Waals surface area contributed by atoms with Crippen LogP contribution in [0.25, 0.3) is 11.5 Å². The Bertz CT molecular complexity index is 1220. The zero-order valence-electron chi connectivity index (χ0n) is 21.6. The highest BCUT2D eigenvalue weighted by Crippen LogP contribution is 2.37. The van der Waals surface area contributed by atoms with Gasteiger partial charge in [-0.05, 0) is 50.3 Å². The van der Waals surface area contributed by atoms with Crippen molar-refractivity contribution < 1.29 is 46.5 Å². The van der Waals surface area contributed by atoms with Crippen molar-refractivity contribution in [3.8, 4) is 23.0 Å². The van der Waals surface area contributed by atoms with Crippen molar-refractivity contribution in [3.05, 3.63) is 29.7 Å². The maximum atomic E-state index is 13.6. The van der Waals surface area contributed by atoms with Gasteiger partial charge in [0.25, 0.3) is 5.91 Å². The van der Waals surface area contributed by atoms with Crippen LogP contribution in [0.3, 0.4) is 0 Å². The van der Waals surface area contributed by atoms with Crippen LogP contribution >= 0.6 is 0 Å². The zero-order chi connectivity index (χ0) is 28.3. The second-order valence-corrected chi connectivity index (χ2v) is 9.31. The minimum Gasteiger partial charge on any atom is -0.489 e. The van der Waals surface area contributed by atoms with E-state index in [1.54, 1.807) is 6.92 Å². The molecule has 1 aliphatic carbocycles. The molecular formula is C25H30F2N4O8. The predicted octanol–water partition coefficient (Wildman–Crippen LogP) is 2.86. The Morgan fingerprint density at radius 2 is 1.92 bits per heavy atom. The quantitative estimate of drug-likeness (QED) is 0.420. The summed E-state index contributed by atoms with van der Waals surface area (Å²) in [6.45, 7) is -1.01. The molecule has 0 spiro atoms. The van der Waals surface area contributed by atoms with Crippen molar-refractivity contribution in [2.24, 2.45) is 11.7 Å². The van der Waals surface area contributed by atoms with E-state index in [4.69, 9.17) is 19.6 Å². The number of alkyl halides is 2. The van der Waals surface area contributed by atoms with E-state index in [0.717, 1.165) is 12.8 Å². The number of amides is 2. The number of oxazole rings is 1. The van der Waals surface area contributed by atoms with Gasteiger partial charge >= 0.3 is 18.7 Å². The number of esters is 1. The summed E-state index contributed by atoms with van der Waals surface area (Å²) in [5.41, 5.74) is 6.27. The highest BCUT2D eigenvalue weighted by Gasteiger charge is 2.45. The van der Waals surface area contributed by atoms with Gasteiger partial charge in [0.05, 0.1) is 32.9 Å². The number of hydrogen-bond acceptors (Lipinski definition) is 10. The summed E-state index contributed by atoms with van der Waals surface area (Å²) < 4.78 is 51.5. The molecule has 14 heteroatoms. The topological polar surface area (TPSA) is 155 Å². The summed E-state index contributed by atoms with van der Waals surface area (Å²) in [6, 6.07) is 1.52. The number of likely N-dealkylation sites (tertiary alicyclic amines) is 1. The van der Waals surface area contributed by atoms with Crippen LogP contribution in [0, 0.1) is 5.92 Å². The van der Waals surface area contributed by atoms with Crippen molar-refractivity contribution in [1.29, 1.82) is 0 Å². The monoisotopic (exact) mass is 552 g/mol. The Kier molecular flexibility index (Phi) is 8.53. The molecule has 1 aliphatic heterocycles. The molecule has 4 rings (SSSR count). The summed E-state index contributed by atoms with van der Waals surface area (Å²) in [5, 5.41) is 2.54. The first kappa shape index (κ1) is 28.1. The predicted molar refractivity (Wildman–Crippen MR) is 130 cm³/mol. The van der Waals surface area contributed by atoms with Gasteiger partial charge in [-0.25, -0.2) is 14.6 Å². The Morgan fingerprint density at radius 3 is 2.54 bits per heavy atom. The van der Waals surface area contributed by atoms with Crippen LogP contribution in [-0.4, -0.2) is 73.9 Å². The van der Waals surface area contributed by atoms with Crippen LogP contribution in [0.2, 0.25) is 0 Å². The van der Waals surface area contributed by atoms with E-state index < -0.39 is 42.7 Å². The van der Waals surface area contributed by atoms with Crippen LogP contribution in [0.4, 0.5) is 13.6 Å². The molecule has 39 heavy (non-hydrogen) atoms. The second-order valence-electron chi connectivity index (χ2n) is 9.31. The molecule has 1 saturated carbocycles. The molecule has 2 aliphatic rings. The number of nitrogens with zero attached hydrogens (tertiary/aromatic N) is 2. The molecule has 2 fully saturated rings. The highest BCUT2D eigenvalue weighted by atomic mass is 19.3. The molecule has 1 unspecified atom stereocenters. The van der Waals surface area contributed by atoms with Crippen LogP contribution < -0.4 is 20.5 Å². The van der Waals surface area contributed by atoms with E-state index >= 15 is 0 Å². The zero-order valence-corrected chi connectivity index (χ0v) is 21.6. The van der Waals surface area contributed by atoms with Gasteiger partial charge in [0.2, 0.25) is 5.89 Å². The molecule has 0 radical (unpaired) electrons. The summed E-state index contributed by atoms with van der Waals surface area (Å²) >= 11 is 0. The number of benzene rings is 1. The lowest BCUT2D eigenvalue weighted by atomic mass is 10.1. The lowest BCUT2D eigenvalue weighted by Crippen LogP contribution is -2.51. The van der Waals surface area contributed by atoms with Crippen molar-refractivity contribution in [2.45, 2.75) is 50.9 Å². The Hall–Kier alpha value is -3.94. The van der Waals surface area contributed by atoms with Gasteiger partial charge < -0.3 is 39.3 Å². The maximum absolute atomic E-state index is 13.6. The van der Waals surface area contributed by atoms with Gasteiger partial charge in [-0.1, -0.05) is 0 Å². The lowest BCUT2D eigenvalue weighted by Gasteiger charge is -2.25. The molecular weight excluding hydrogens is 522 g/mol. The number of ether oxygens (including phenoxy) is 4. The van der Waals surface area contributed by atoms with E-state index in [9.17, 15) is 23.2 Å². The minimum atomic E-state index is -3.05. The largest absolute Gasteiger partial charge is 0.489 e. The number of carbonyl (C=O) groups is 3. The van der Waals surface area contributed by atoms with E-state index in [1.807, 2.05) is 0 Å². The second kappa shape index (κ2) is 11.8. The summed E-state index contributed by atoms with van der Waals surface area (Å²) in [7, 11) is 2.35. The minimum absolute atomic E-state index is 0.0106. The number of carbonyl (C=O) groups excluding carboxylic acids is 3. The molecule has 3 N–H and O–H groups in total. The fourth-order valence-electron chi connectivity index (χ4n) is 4.29. The molecule has 3 atom stereocenters. The number of nitrogens with two attached hydrogens (primary N) is 1. The summed E-state index contributed by atoms with van der Waals surface area (Å²) in [5.74, 6) is -1.07. The fourth-order valence-corrected chi connectivity index (χ4v) is 4.29. The van der Waals surface area contributed by atoms with Crippen molar-refractivity contribution in [3.63, 3.8) is 0 Å². The first-order valence-corrected chi connectivity index (χ1v) is 12.3. The standard InChI is InChI=1S/C25H30F2N4O8/c1-12(28)20-18(22(32)31-9-8-15(29-25(34)36-3)19(31)23(33)35-2)30-21(39-20)14-6-7-16(38-24(26)27)17(10-14)37-11-13-4-5-13/h6-7,10,12-13,15,19,24H,4-5,8-9,11,28H2,1-3H3,(H,29,34)/t12-,15?,19-/m0/s1. The molecule has 2 amide bonds. The Labute approximate surface area is 222 Å². The van der Waals surface area contributed by atoms with E-state index in [0.29, 0.717) is 18.1 Å². The highest BCUT2D eigenvalue weighted by molar-refractivity contribution is 5.97. The van der Waals surface area contributed by atoms with Gasteiger partial charge in [0.15, 0.2) is 29.0 Å². The molecule has 2 heterocycles. The van der Waals surface area contributed by atoms with Crippen molar-refractivity contribution in [2.75, 3.05) is 27.4 Å². The van der Waals surface area contributed by atoms with Gasteiger partial charge in [-0.2, -0.15) is 8.78 Å². The molecule has 12 nitrogen and oxygen atoms in total. The molecule has 2 aromatic rings. The van der Waals surface area contributed by atoms with Crippen molar-refractivity contribution >= 4 is 18.0 Å². The third-order valence-electron chi connectivity index (χ3n) is 6.44. The Balaban J connectivity index is 1.65. The van der Waals surface area contributed by atoms with E-state index in [-0.39, 0.29) is 41.8 Å². The summed E-state index contributed by atoms with van der Waals surface area (Å²) in [4.78, 5) is 43.6. The lowest BCUT2D eigenvalue weighted by molar-refractivity contribution is -0.145. The molecule has 0 bridgehead atoms. The van der Waals surface area contributed by atoms with Crippen LogP contribution in [-0.2, 0) is 14.3 Å². The number of hydrogen-bond donors (Lipinski definition) is 2. The molecule has 212 valence electrons. The first-order chi connectivity index (χ1) is 18.6. The van der Waals surface area contributed by atoms with Crippen LogP contribution in [0.5, 0.6) is 11.5 Å². The average Bonchev–Trinajstić information content (AvgIpc) is 3.47. The van der Waals surface area contributed by atoms with Gasteiger partial charge in [0.1, 0.15) is 0 Å². The third kappa shape index (κ3) is 6.38. The van der Waals surface area contributed by atoms with Gasteiger partial charge in [-0.3, -0.25) is 4.79 Å². The van der Waals surface area contributed by atoms with Gasteiger partial charge in [0, 0.05) is 12.1 Å². The number of aromatic nitrogens is 1. The number of rotatable bonds is 10. The molecule has 1 aromatic carbocycles. The number of nitrogens with one attached hydrogen (secondary N) is 1. The third-order valence-corrected chi connectivity index (χ3v) is 6.44. The van der Waals surface area contributed by atoms with Crippen LogP contribution in [0.1, 0.15) is 48.5 Å².